The first-order valence-electron chi connectivity index (χ1n) is 9.20. The van der Waals surface area contributed by atoms with Crippen LogP contribution >= 0.6 is 0 Å². The van der Waals surface area contributed by atoms with Gasteiger partial charge < -0.3 is 24.9 Å². The lowest BCUT2D eigenvalue weighted by molar-refractivity contribution is -0.127. The van der Waals surface area contributed by atoms with E-state index >= 15 is 0 Å². The Bertz CT molecular complexity index is 712. The molecular weight excluding hydrogens is 344 g/mol. The molecule has 0 bridgehead atoms. The Morgan fingerprint density at radius 1 is 1.19 bits per heavy atom. The van der Waals surface area contributed by atoms with Crippen LogP contribution in [0, 0.1) is 25.2 Å². The summed E-state index contributed by atoms with van der Waals surface area (Å²) in [6, 6.07) is 8.25. The van der Waals surface area contributed by atoms with Gasteiger partial charge in [0.15, 0.2) is 0 Å². The number of nitrogens with zero attached hydrogens (tertiary/aromatic N) is 4. The third kappa shape index (κ3) is 5.22. The quantitative estimate of drug-likeness (QED) is 0.539. The molecule has 27 heavy (non-hydrogen) atoms. The lowest BCUT2D eigenvalue weighted by Crippen LogP contribution is -2.45. The van der Waals surface area contributed by atoms with Crippen molar-refractivity contribution in [3.63, 3.8) is 0 Å². The second kappa shape index (κ2) is 9.95. The van der Waals surface area contributed by atoms with Gasteiger partial charge in [0, 0.05) is 51.2 Å². The fraction of sp³-hybridized carbons (Fsp3) is 0.500. The average Bonchev–Trinajstić information content (AvgIpc) is 2.68. The number of hydrogen-bond donors (Lipinski definition) is 2. The zero-order chi connectivity index (χ0) is 19.8. The smallest absolute Gasteiger partial charge is 0.266 e. The van der Waals surface area contributed by atoms with E-state index in [0.29, 0.717) is 13.1 Å². The Hall–Kier alpha value is -2.56. The molecule has 1 aliphatic heterocycles. The van der Waals surface area contributed by atoms with Gasteiger partial charge in [-0.2, -0.15) is 5.26 Å². The van der Waals surface area contributed by atoms with Gasteiger partial charge in [0.25, 0.3) is 5.91 Å². The Kier molecular flexibility index (Phi) is 7.65. The fourth-order valence-corrected chi connectivity index (χ4v) is 3.21. The molecule has 7 heteroatoms. The van der Waals surface area contributed by atoms with Gasteiger partial charge in [-0.1, -0.05) is 12.1 Å². The van der Waals surface area contributed by atoms with Crippen LogP contribution in [-0.2, 0) is 4.79 Å². The molecule has 0 aliphatic carbocycles. The minimum atomic E-state index is -0.461. The van der Waals surface area contributed by atoms with Crippen molar-refractivity contribution in [3.8, 4) is 6.07 Å². The molecule has 1 aliphatic rings. The summed E-state index contributed by atoms with van der Waals surface area (Å²) in [5.41, 5.74) is 3.79. The van der Waals surface area contributed by atoms with Crippen molar-refractivity contribution < 1.29 is 15.0 Å². The minimum Gasteiger partial charge on any atom is -0.395 e. The number of carbonyl (C=O) groups excluding carboxylic acids is 1. The Morgan fingerprint density at radius 3 is 2.37 bits per heavy atom. The first-order valence-corrected chi connectivity index (χ1v) is 9.20. The molecule has 1 aromatic carbocycles. The molecule has 1 fully saturated rings. The number of nitriles is 1. The van der Waals surface area contributed by atoms with Gasteiger partial charge in [-0.3, -0.25) is 4.79 Å². The molecule has 0 spiro atoms. The van der Waals surface area contributed by atoms with E-state index in [1.807, 2.05) is 11.0 Å². The van der Waals surface area contributed by atoms with Gasteiger partial charge in [0.2, 0.25) is 0 Å². The maximum atomic E-state index is 12.5. The summed E-state index contributed by atoms with van der Waals surface area (Å²) in [5, 5.41) is 27.5. The van der Waals surface area contributed by atoms with Crippen LogP contribution in [0.25, 0.3) is 0 Å². The SMILES string of the molecule is Cc1cccc(N2CCN(/C=C(/C#N)C(=O)N(CCO)CCO)CC2)c1C. The van der Waals surface area contributed by atoms with Crippen molar-refractivity contribution in [1.82, 2.24) is 9.80 Å². The number of aliphatic hydroxyl groups excluding tert-OH is 2. The predicted molar refractivity (Wildman–Crippen MR) is 104 cm³/mol. The monoisotopic (exact) mass is 372 g/mol. The molecule has 0 aromatic heterocycles. The van der Waals surface area contributed by atoms with E-state index in [2.05, 4.69) is 36.9 Å². The molecule has 2 N–H and O–H groups in total. The van der Waals surface area contributed by atoms with Crippen LogP contribution in [0.3, 0.4) is 0 Å². The Balaban J connectivity index is 2.04. The number of amides is 1. The van der Waals surface area contributed by atoms with E-state index in [4.69, 9.17) is 10.2 Å². The predicted octanol–water partition coefficient (Wildman–Crippen LogP) is 0.646. The maximum Gasteiger partial charge on any atom is 0.266 e. The minimum absolute atomic E-state index is 0.0251. The zero-order valence-electron chi connectivity index (χ0n) is 16.1. The molecule has 1 heterocycles. The molecule has 0 unspecified atom stereocenters. The number of aryl methyl sites for hydroxylation is 1. The van der Waals surface area contributed by atoms with Crippen molar-refractivity contribution >= 4 is 11.6 Å². The van der Waals surface area contributed by atoms with Crippen LogP contribution in [0.4, 0.5) is 5.69 Å². The highest BCUT2D eigenvalue weighted by molar-refractivity contribution is 5.97. The second-order valence-corrected chi connectivity index (χ2v) is 6.64. The molecule has 2 rings (SSSR count). The van der Waals surface area contributed by atoms with Gasteiger partial charge >= 0.3 is 0 Å². The summed E-state index contributed by atoms with van der Waals surface area (Å²) >= 11 is 0. The normalized spacial score (nSPS) is 14.9. The highest BCUT2D eigenvalue weighted by Crippen LogP contribution is 2.24. The van der Waals surface area contributed by atoms with Gasteiger partial charge in [-0.25, -0.2) is 0 Å². The number of anilines is 1. The first kappa shape index (κ1) is 20.7. The number of piperazine rings is 1. The van der Waals surface area contributed by atoms with Crippen molar-refractivity contribution in [2.24, 2.45) is 0 Å². The number of carbonyl (C=O) groups is 1. The summed E-state index contributed by atoms with van der Waals surface area (Å²) in [6.07, 6.45) is 1.60. The summed E-state index contributed by atoms with van der Waals surface area (Å²) in [6.45, 7) is 7.05. The van der Waals surface area contributed by atoms with Crippen molar-refractivity contribution in [2.75, 3.05) is 57.4 Å². The van der Waals surface area contributed by atoms with Crippen LogP contribution < -0.4 is 4.90 Å². The molecule has 1 aromatic rings. The van der Waals surface area contributed by atoms with E-state index in [1.165, 1.54) is 21.7 Å². The molecule has 7 nitrogen and oxygen atoms in total. The number of hydrogen-bond acceptors (Lipinski definition) is 6. The molecule has 1 amide bonds. The van der Waals surface area contributed by atoms with Crippen molar-refractivity contribution in [1.29, 1.82) is 5.26 Å². The second-order valence-electron chi connectivity index (χ2n) is 6.64. The molecular formula is C20H28N4O3. The molecule has 0 atom stereocenters. The molecule has 0 saturated carbocycles. The van der Waals surface area contributed by atoms with E-state index in [9.17, 15) is 10.1 Å². The Morgan fingerprint density at radius 2 is 1.81 bits per heavy atom. The highest BCUT2D eigenvalue weighted by Gasteiger charge is 2.21. The molecule has 0 radical (unpaired) electrons. The summed E-state index contributed by atoms with van der Waals surface area (Å²) in [4.78, 5) is 18.1. The average molecular weight is 372 g/mol. The number of benzene rings is 1. The van der Waals surface area contributed by atoms with Gasteiger partial charge in [-0.15, -0.1) is 0 Å². The van der Waals surface area contributed by atoms with Crippen LogP contribution in [0.5, 0.6) is 0 Å². The largest absolute Gasteiger partial charge is 0.395 e. The van der Waals surface area contributed by atoms with E-state index in [0.717, 1.165) is 13.1 Å². The van der Waals surface area contributed by atoms with Crippen molar-refractivity contribution in [3.05, 3.63) is 41.1 Å². The first-order chi connectivity index (χ1) is 13.0. The van der Waals surface area contributed by atoms with Crippen LogP contribution in [0.1, 0.15) is 11.1 Å². The lowest BCUT2D eigenvalue weighted by Gasteiger charge is -2.36. The van der Waals surface area contributed by atoms with E-state index < -0.39 is 5.91 Å². The third-order valence-corrected chi connectivity index (χ3v) is 4.92. The van der Waals surface area contributed by atoms with Gasteiger partial charge in [-0.05, 0) is 31.0 Å². The summed E-state index contributed by atoms with van der Waals surface area (Å²) in [7, 11) is 0. The van der Waals surface area contributed by atoms with Crippen LogP contribution in [-0.4, -0.2) is 78.4 Å². The maximum absolute atomic E-state index is 12.5. The standard InChI is InChI=1S/C20H28N4O3/c1-16-4-3-5-19(17(16)2)23-8-6-22(7-9-23)15-18(14-21)20(27)24(10-12-25)11-13-26/h3-5,15,25-26H,6-13H2,1-2H3/b18-15-. The van der Waals surface area contributed by atoms with Crippen LogP contribution in [0.15, 0.2) is 30.0 Å². The van der Waals surface area contributed by atoms with Gasteiger partial charge in [0.1, 0.15) is 11.6 Å². The lowest BCUT2D eigenvalue weighted by atomic mass is 10.1. The topological polar surface area (TPSA) is 91.0 Å². The molecule has 146 valence electrons. The number of rotatable bonds is 7. The van der Waals surface area contributed by atoms with E-state index in [1.54, 1.807) is 6.20 Å². The van der Waals surface area contributed by atoms with Crippen LogP contribution in [0.2, 0.25) is 0 Å². The Labute approximate surface area is 160 Å². The molecule has 1 saturated heterocycles. The zero-order valence-corrected chi connectivity index (χ0v) is 16.1. The summed E-state index contributed by atoms with van der Waals surface area (Å²) in [5.74, 6) is -0.461. The van der Waals surface area contributed by atoms with Crippen molar-refractivity contribution in [2.45, 2.75) is 13.8 Å². The summed E-state index contributed by atoms with van der Waals surface area (Å²) < 4.78 is 0. The van der Waals surface area contributed by atoms with E-state index in [-0.39, 0.29) is 31.9 Å². The third-order valence-electron chi connectivity index (χ3n) is 4.92. The van der Waals surface area contributed by atoms with Gasteiger partial charge in [0.05, 0.1) is 13.2 Å². The number of aliphatic hydroxyl groups is 2. The highest BCUT2D eigenvalue weighted by atomic mass is 16.3. The fourth-order valence-electron chi connectivity index (χ4n) is 3.21.